The summed E-state index contributed by atoms with van der Waals surface area (Å²) < 4.78 is 1.57. The maximum absolute atomic E-state index is 11.0. The van der Waals surface area contributed by atoms with Gasteiger partial charge in [0.2, 0.25) is 10.8 Å². The Morgan fingerprint density at radius 2 is 1.63 bits per heavy atom. The molecule has 0 bridgehead atoms. The fourth-order valence-electron chi connectivity index (χ4n) is 4.30. The highest BCUT2D eigenvalue weighted by Gasteiger charge is 2.32. The maximum Gasteiger partial charge on any atom is 0.230 e. The van der Waals surface area contributed by atoms with Crippen molar-refractivity contribution in [3.63, 3.8) is 0 Å². The number of aromatic nitrogens is 3. The Labute approximate surface area is 180 Å². The van der Waals surface area contributed by atoms with E-state index in [2.05, 4.69) is 81.4 Å². The van der Waals surface area contributed by atoms with Crippen molar-refractivity contribution in [1.29, 1.82) is 0 Å². The van der Waals surface area contributed by atoms with E-state index in [0.717, 1.165) is 36.0 Å². The van der Waals surface area contributed by atoms with E-state index in [9.17, 15) is 5.11 Å². The molecule has 7 heteroatoms. The van der Waals surface area contributed by atoms with E-state index in [-0.39, 0.29) is 11.9 Å². The van der Waals surface area contributed by atoms with Gasteiger partial charge in [-0.3, -0.25) is 4.90 Å². The maximum atomic E-state index is 11.0. The van der Waals surface area contributed by atoms with Crippen LogP contribution < -0.4 is 4.90 Å². The van der Waals surface area contributed by atoms with E-state index in [1.807, 2.05) is 6.92 Å². The van der Waals surface area contributed by atoms with E-state index in [4.69, 9.17) is 0 Å². The summed E-state index contributed by atoms with van der Waals surface area (Å²) in [5.74, 6) is 0.876. The Bertz CT molecular complexity index is 1160. The Morgan fingerprint density at radius 3 is 2.33 bits per heavy atom. The second-order valence-corrected chi connectivity index (χ2v) is 8.77. The number of piperazine rings is 1. The fourth-order valence-corrected chi connectivity index (χ4v) is 5.45. The van der Waals surface area contributed by atoms with Gasteiger partial charge in [0.25, 0.3) is 0 Å². The number of aryl methyl sites for hydroxylation is 2. The molecule has 1 fully saturated rings. The highest BCUT2D eigenvalue weighted by atomic mass is 32.1. The minimum absolute atomic E-state index is 0.0158. The average Bonchev–Trinajstić information content (AvgIpc) is 3.28. The molecule has 154 valence electrons. The van der Waals surface area contributed by atoms with Gasteiger partial charge in [0.05, 0.1) is 10.9 Å². The molecule has 0 aliphatic carbocycles. The van der Waals surface area contributed by atoms with E-state index in [1.165, 1.54) is 28.2 Å². The zero-order chi connectivity index (χ0) is 20.7. The van der Waals surface area contributed by atoms with Gasteiger partial charge in [0.15, 0.2) is 0 Å². The van der Waals surface area contributed by atoms with Crippen LogP contribution >= 0.6 is 11.3 Å². The molecule has 1 atom stereocenters. The number of hydrogen-bond acceptors (Lipinski definition) is 6. The lowest BCUT2D eigenvalue weighted by Crippen LogP contribution is -2.48. The molecular weight excluding hydrogens is 394 g/mol. The third-order valence-corrected chi connectivity index (χ3v) is 6.91. The number of aromatic hydroxyl groups is 1. The van der Waals surface area contributed by atoms with Gasteiger partial charge < -0.3 is 10.0 Å². The first-order valence-electron chi connectivity index (χ1n) is 10.3. The number of para-hydroxylation sites is 1. The quantitative estimate of drug-likeness (QED) is 0.541. The first kappa shape index (κ1) is 19.1. The molecule has 1 saturated heterocycles. The Morgan fingerprint density at radius 1 is 0.933 bits per heavy atom. The van der Waals surface area contributed by atoms with Crippen molar-refractivity contribution in [1.82, 2.24) is 19.5 Å². The van der Waals surface area contributed by atoms with Crippen LogP contribution in [0.4, 0.5) is 5.69 Å². The third kappa shape index (κ3) is 3.34. The molecule has 5 rings (SSSR count). The van der Waals surface area contributed by atoms with E-state index < -0.39 is 0 Å². The number of anilines is 1. The van der Waals surface area contributed by atoms with Crippen LogP contribution in [-0.4, -0.2) is 50.8 Å². The van der Waals surface area contributed by atoms with Gasteiger partial charge in [-0.2, -0.15) is 4.52 Å². The first-order chi connectivity index (χ1) is 14.6. The van der Waals surface area contributed by atoms with Crippen LogP contribution in [0.25, 0.3) is 4.96 Å². The predicted octanol–water partition coefficient (Wildman–Crippen LogP) is 4.02. The Hall–Kier alpha value is -2.90. The van der Waals surface area contributed by atoms with Crippen LogP contribution in [-0.2, 0) is 0 Å². The fraction of sp³-hybridized carbons (Fsp3) is 0.304. The second-order valence-electron chi connectivity index (χ2n) is 7.76. The van der Waals surface area contributed by atoms with Crippen LogP contribution in [0.5, 0.6) is 5.88 Å². The summed E-state index contributed by atoms with van der Waals surface area (Å²) in [6, 6.07) is 19.0. The summed E-state index contributed by atoms with van der Waals surface area (Å²) in [7, 11) is 0. The van der Waals surface area contributed by atoms with Gasteiger partial charge in [-0.1, -0.05) is 53.8 Å². The van der Waals surface area contributed by atoms with Crippen LogP contribution in [0.1, 0.15) is 27.9 Å². The number of thiazole rings is 1. The molecule has 6 nitrogen and oxygen atoms in total. The summed E-state index contributed by atoms with van der Waals surface area (Å²) in [5.41, 5.74) is 3.71. The molecule has 1 aliphatic rings. The molecular formula is C23H25N5OS. The molecule has 1 aliphatic heterocycles. The average molecular weight is 420 g/mol. The number of nitrogens with zero attached hydrogens (tertiary/aromatic N) is 5. The lowest BCUT2D eigenvalue weighted by Gasteiger charge is -2.40. The summed E-state index contributed by atoms with van der Waals surface area (Å²) in [4.78, 5) is 11.0. The summed E-state index contributed by atoms with van der Waals surface area (Å²) >= 11 is 1.53. The van der Waals surface area contributed by atoms with Gasteiger partial charge in [-0.25, -0.2) is 4.98 Å². The lowest BCUT2D eigenvalue weighted by molar-refractivity contribution is 0.210. The van der Waals surface area contributed by atoms with Crippen molar-refractivity contribution in [2.24, 2.45) is 0 Å². The lowest BCUT2D eigenvalue weighted by atomic mass is 9.98. The van der Waals surface area contributed by atoms with Crippen molar-refractivity contribution in [3.05, 3.63) is 76.4 Å². The number of benzene rings is 2. The summed E-state index contributed by atoms with van der Waals surface area (Å²) in [6.07, 6.45) is 0. The SMILES string of the molecule is Cc1nc2sc([C@H](c3ccccc3C)N3CCN(c4ccccc4)CC3)c(O)n2n1. The number of fused-ring (bicyclic) bond motifs is 1. The minimum atomic E-state index is -0.0158. The normalized spacial score (nSPS) is 16.3. The number of hydrogen-bond donors (Lipinski definition) is 1. The predicted molar refractivity (Wildman–Crippen MR) is 121 cm³/mol. The topological polar surface area (TPSA) is 56.9 Å². The zero-order valence-corrected chi connectivity index (χ0v) is 18.0. The molecule has 2 aromatic heterocycles. The standard InChI is InChI=1S/C23H25N5OS/c1-16-8-6-7-11-19(16)20(21-22(29)28-23(30-21)24-17(2)25-28)27-14-12-26(13-15-27)18-9-4-3-5-10-18/h3-11,20,29H,12-15H2,1-2H3/t20-/m0/s1. The van der Waals surface area contributed by atoms with Crippen molar-refractivity contribution >= 4 is 22.0 Å². The third-order valence-electron chi connectivity index (χ3n) is 5.84. The first-order valence-corrected chi connectivity index (χ1v) is 11.1. The van der Waals surface area contributed by atoms with Gasteiger partial charge in [0, 0.05) is 31.9 Å². The second kappa shape index (κ2) is 7.74. The Balaban J connectivity index is 1.50. The zero-order valence-electron chi connectivity index (χ0n) is 17.2. The number of rotatable bonds is 4. The minimum Gasteiger partial charge on any atom is -0.492 e. The van der Waals surface area contributed by atoms with Crippen LogP contribution in [0, 0.1) is 13.8 Å². The van der Waals surface area contributed by atoms with Gasteiger partial charge in [0.1, 0.15) is 5.82 Å². The van der Waals surface area contributed by atoms with Crippen molar-refractivity contribution in [2.75, 3.05) is 31.1 Å². The van der Waals surface area contributed by atoms with Crippen LogP contribution in [0.3, 0.4) is 0 Å². The van der Waals surface area contributed by atoms with Crippen molar-refractivity contribution < 1.29 is 5.11 Å². The van der Waals surface area contributed by atoms with Gasteiger partial charge >= 0.3 is 0 Å². The van der Waals surface area contributed by atoms with E-state index >= 15 is 0 Å². The molecule has 0 radical (unpaired) electrons. The molecule has 0 saturated carbocycles. The van der Waals surface area contributed by atoms with E-state index in [1.54, 1.807) is 4.52 Å². The molecule has 4 aromatic rings. The van der Waals surface area contributed by atoms with E-state index in [0.29, 0.717) is 5.82 Å². The highest BCUT2D eigenvalue weighted by Crippen LogP contribution is 2.41. The molecule has 30 heavy (non-hydrogen) atoms. The van der Waals surface area contributed by atoms with Crippen molar-refractivity contribution in [3.8, 4) is 5.88 Å². The molecule has 0 unspecified atom stereocenters. The molecule has 2 aromatic carbocycles. The highest BCUT2D eigenvalue weighted by molar-refractivity contribution is 7.17. The van der Waals surface area contributed by atoms with Gasteiger partial charge in [-0.05, 0) is 37.1 Å². The van der Waals surface area contributed by atoms with Gasteiger partial charge in [-0.15, -0.1) is 5.10 Å². The largest absolute Gasteiger partial charge is 0.492 e. The summed E-state index contributed by atoms with van der Waals surface area (Å²) in [6.45, 7) is 7.72. The van der Waals surface area contributed by atoms with Crippen LogP contribution in [0.2, 0.25) is 0 Å². The molecule has 3 heterocycles. The van der Waals surface area contributed by atoms with Crippen LogP contribution in [0.15, 0.2) is 54.6 Å². The Kier molecular flexibility index (Phi) is 4.92. The van der Waals surface area contributed by atoms with Crippen molar-refractivity contribution in [2.45, 2.75) is 19.9 Å². The molecule has 1 N–H and O–H groups in total. The molecule has 0 amide bonds. The summed E-state index contributed by atoms with van der Waals surface area (Å²) in [5, 5.41) is 15.4. The smallest absolute Gasteiger partial charge is 0.230 e. The molecule has 0 spiro atoms. The monoisotopic (exact) mass is 419 g/mol.